The van der Waals surface area contributed by atoms with Gasteiger partial charge < -0.3 is 19.2 Å². The summed E-state index contributed by atoms with van der Waals surface area (Å²) in [6.07, 6.45) is 0. The fourth-order valence-electron chi connectivity index (χ4n) is 4.31. The molecule has 0 fully saturated rings. The van der Waals surface area contributed by atoms with E-state index in [0.29, 0.717) is 32.8 Å². The van der Waals surface area contributed by atoms with Crippen molar-refractivity contribution in [1.82, 2.24) is 9.88 Å². The minimum absolute atomic E-state index is 0.00535. The predicted molar refractivity (Wildman–Crippen MR) is 136 cm³/mol. The minimum Gasteiger partial charge on any atom is -0.503 e. The second-order valence-corrected chi connectivity index (χ2v) is 9.52. The molecule has 1 unspecified atom stereocenters. The SMILES string of the molecule is COc1ccc(CN2C(=O)C(O)=C(C(=O)c3sc(-c4ccccc4)nc3C)C2c2ccc(C)o2)cc1. The second kappa shape index (κ2) is 9.47. The van der Waals surface area contributed by atoms with Gasteiger partial charge in [-0.3, -0.25) is 9.59 Å². The molecule has 3 heterocycles. The molecule has 4 aromatic rings. The molecule has 0 aliphatic carbocycles. The van der Waals surface area contributed by atoms with E-state index in [1.54, 1.807) is 45.2 Å². The highest BCUT2D eigenvalue weighted by Gasteiger charge is 2.46. The highest BCUT2D eigenvalue weighted by Crippen LogP contribution is 2.42. The molecule has 36 heavy (non-hydrogen) atoms. The number of hydrogen-bond acceptors (Lipinski definition) is 7. The number of hydrogen-bond donors (Lipinski definition) is 1. The number of methoxy groups -OCH3 is 1. The van der Waals surface area contributed by atoms with E-state index in [4.69, 9.17) is 9.15 Å². The lowest BCUT2D eigenvalue weighted by Gasteiger charge is -2.25. The van der Waals surface area contributed by atoms with Crippen LogP contribution < -0.4 is 4.74 Å². The number of benzene rings is 2. The molecule has 5 rings (SSSR count). The summed E-state index contributed by atoms with van der Waals surface area (Å²) < 4.78 is 11.1. The van der Waals surface area contributed by atoms with Crippen molar-refractivity contribution in [2.75, 3.05) is 7.11 Å². The highest BCUT2D eigenvalue weighted by molar-refractivity contribution is 7.17. The molecule has 8 heteroatoms. The van der Waals surface area contributed by atoms with Crippen molar-refractivity contribution in [3.8, 4) is 16.3 Å². The number of amides is 1. The third-order valence-electron chi connectivity index (χ3n) is 6.11. The largest absolute Gasteiger partial charge is 0.503 e. The van der Waals surface area contributed by atoms with E-state index in [1.165, 1.54) is 16.2 Å². The van der Waals surface area contributed by atoms with E-state index >= 15 is 0 Å². The summed E-state index contributed by atoms with van der Waals surface area (Å²) >= 11 is 1.24. The van der Waals surface area contributed by atoms with E-state index < -0.39 is 23.5 Å². The number of ether oxygens (including phenoxy) is 1. The van der Waals surface area contributed by atoms with E-state index in [0.717, 1.165) is 11.1 Å². The van der Waals surface area contributed by atoms with Crippen LogP contribution in [0.1, 0.15) is 38.5 Å². The van der Waals surface area contributed by atoms with Crippen LogP contribution in [0.2, 0.25) is 0 Å². The molecule has 1 atom stereocenters. The summed E-state index contributed by atoms with van der Waals surface area (Å²) in [4.78, 5) is 33.5. The van der Waals surface area contributed by atoms with Gasteiger partial charge in [0.2, 0.25) is 5.78 Å². The molecule has 0 saturated carbocycles. The smallest absolute Gasteiger partial charge is 0.290 e. The number of Topliss-reactive ketones (excluding diaryl/α,β-unsaturated/α-hetero) is 1. The number of carbonyl (C=O) groups is 2. The Balaban J connectivity index is 1.54. The van der Waals surface area contributed by atoms with Gasteiger partial charge in [0.05, 0.1) is 23.3 Å². The fraction of sp³-hybridized carbons (Fsp3) is 0.179. The van der Waals surface area contributed by atoms with Crippen LogP contribution in [0.4, 0.5) is 0 Å². The van der Waals surface area contributed by atoms with E-state index in [1.807, 2.05) is 42.5 Å². The van der Waals surface area contributed by atoms with Gasteiger partial charge in [0.1, 0.15) is 28.3 Å². The van der Waals surface area contributed by atoms with Crippen LogP contribution in [0.3, 0.4) is 0 Å². The summed E-state index contributed by atoms with van der Waals surface area (Å²) in [5.41, 5.74) is 2.25. The van der Waals surface area contributed by atoms with Crippen LogP contribution in [0.5, 0.6) is 5.75 Å². The molecule has 7 nitrogen and oxygen atoms in total. The van der Waals surface area contributed by atoms with Gasteiger partial charge in [-0.05, 0) is 43.7 Å². The maximum atomic E-state index is 13.9. The van der Waals surface area contributed by atoms with Crippen LogP contribution in [0.25, 0.3) is 10.6 Å². The van der Waals surface area contributed by atoms with Gasteiger partial charge in [0.25, 0.3) is 5.91 Å². The molecule has 0 radical (unpaired) electrons. The van der Waals surface area contributed by atoms with Crippen molar-refractivity contribution in [2.45, 2.75) is 26.4 Å². The van der Waals surface area contributed by atoms with Gasteiger partial charge in [0.15, 0.2) is 5.76 Å². The number of carbonyl (C=O) groups excluding carboxylic acids is 2. The summed E-state index contributed by atoms with van der Waals surface area (Å²) in [5, 5.41) is 11.7. The van der Waals surface area contributed by atoms with Crippen LogP contribution in [-0.4, -0.2) is 33.8 Å². The molecular formula is C28H24N2O5S. The van der Waals surface area contributed by atoms with Gasteiger partial charge in [-0.25, -0.2) is 4.98 Å². The number of thiazole rings is 1. The third-order valence-corrected chi connectivity index (χ3v) is 7.32. The number of ketones is 1. The molecule has 0 spiro atoms. The average Bonchev–Trinajstić information content (AvgIpc) is 3.57. The number of nitrogens with zero attached hydrogens (tertiary/aromatic N) is 2. The Hall–Kier alpha value is -4.17. The van der Waals surface area contributed by atoms with E-state index in [2.05, 4.69) is 4.98 Å². The first-order valence-electron chi connectivity index (χ1n) is 11.4. The van der Waals surface area contributed by atoms with Crippen molar-refractivity contribution in [2.24, 2.45) is 0 Å². The first kappa shape index (κ1) is 23.6. The molecule has 1 amide bonds. The van der Waals surface area contributed by atoms with Crippen LogP contribution in [0, 0.1) is 13.8 Å². The first-order valence-corrected chi connectivity index (χ1v) is 12.2. The summed E-state index contributed by atoms with van der Waals surface area (Å²) in [5.74, 6) is 0.110. The third kappa shape index (κ3) is 4.20. The van der Waals surface area contributed by atoms with E-state index in [-0.39, 0.29) is 12.1 Å². The molecule has 0 saturated heterocycles. The van der Waals surface area contributed by atoms with Gasteiger partial charge >= 0.3 is 0 Å². The summed E-state index contributed by atoms with van der Waals surface area (Å²) in [6.45, 7) is 3.72. The average molecular weight is 501 g/mol. The topological polar surface area (TPSA) is 92.9 Å². The van der Waals surface area contributed by atoms with Gasteiger partial charge in [-0.15, -0.1) is 11.3 Å². The first-order chi connectivity index (χ1) is 17.4. The van der Waals surface area contributed by atoms with Crippen LogP contribution >= 0.6 is 11.3 Å². The molecule has 0 bridgehead atoms. The zero-order valence-corrected chi connectivity index (χ0v) is 20.8. The number of rotatable bonds is 7. The molecule has 1 aliphatic rings. The lowest BCUT2D eigenvalue weighted by atomic mass is 9.99. The van der Waals surface area contributed by atoms with Crippen molar-refractivity contribution in [3.63, 3.8) is 0 Å². The lowest BCUT2D eigenvalue weighted by Crippen LogP contribution is -2.30. The highest BCUT2D eigenvalue weighted by atomic mass is 32.1. The number of aliphatic hydroxyl groups is 1. The molecule has 2 aromatic carbocycles. The summed E-state index contributed by atoms with van der Waals surface area (Å²) in [6, 6.07) is 19.5. The maximum absolute atomic E-state index is 13.9. The van der Waals surface area contributed by atoms with Crippen molar-refractivity contribution in [1.29, 1.82) is 0 Å². The Kier molecular flexibility index (Phi) is 6.20. The monoisotopic (exact) mass is 500 g/mol. The predicted octanol–water partition coefficient (Wildman–Crippen LogP) is 5.81. The Labute approximate surface area is 212 Å². The van der Waals surface area contributed by atoms with Gasteiger partial charge in [-0.1, -0.05) is 42.5 Å². The van der Waals surface area contributed by atoms with Crippen LogP contribution in [-0.2, 0) is 11.3 Å². The second-order valence-electron chi connectivity index (χ2n) is 8.52. The number of furan rings is 1. The molecule has 2 aromatic heterocycles. The number of aryl methyl sites for hydroxylation is 2. The van der Waals surface area contributed by atoms with Crippen molar-refractivity contribution >= 4 is 23.0 Å². The zero-order valence-electron chi connectivity index (χ0n) is 20.0. The Morgan fingerprint density at radius 3 is 2.44 bits per heavy atom. The number of aromatic nitrogens is 1. The van der Waals surface area contributed by atoms with Crippen LogP contribution in [0.15, 0.2) is 82.5 Å². The fourth-order valence-corrected chi connectivity index (χ4v) is 5.33. The number of aliphatic hydroxyl groups excluding tert-OH is 1. The zero-order chi connectivity index (χ0) is 25.4. The molecule has 1 N–H and O–H groups in total. The minimum atomic E-state index is -0.873. The standard InChI is InChI=1S/C28H24N2O5S/c1-16-9-14-21(35-16)23-22(24(31)26-17(2)29-27(36-26)19-7-5-4-6-8-19)25(32)28(33)30(23)15-18-10-12-20(34-3)13-11-18/h4-14,23,32H,15H2,1-3H3. The Morgan fingerprint density at radius 2 is 1.81 bits per heavy atom. The molecular weight excluding hydrogens is 476 g/mol. The molecule has 1 aliphatic heterocycles. The summed E-state index contributed by atoms with van der Waals surface area (Å²) in [7, 11) is 1.58. The van der Waals surface area contributed by atoms with Crippen molar-refractivity contribution in [3.05, 3.63) is 106 Å². The Morgan fingerprint density at radius 1 is 1.08 bits per heavy atom. The quantitative estimate of drug-likeness (QED) is 0.322. The van der Waals surface area contributed by atoms with Crippen molar-refractivity contribution < 1.29 is 23.8 Å². The maximum Gasteiger partial charge on any atom is 0.290 e. The molecule has 182 valence electrons. The Bertz CT molecular complexity index is 1470. The normalized spacial score (nSPS) is 15.6. The van der Waals surface area contributed by atoms with Gasteiger partial charge in [-0.2, -0.15) is 0 Å². The van der Waals surface area contributed by atoms with Gasteiger partial charge in [0, 0.05) is 12.1 Å². The lowest BCUT2D eigenvalue weighted by molar-refractivity contribution is -0.130. The van der Waals surface area contributed by atoms with E-state index in [9.17, 15) is 14.7 Å².